The van der Waals surface area contributed by atoms with E-state index in [2.05, 4.69) is 20.8 Å². The monoisotopic (exact) mass is 608 g/mol. The van der Waals surface area contributed by atoms with E-state index in [9.17, 15) is 9.59 Å². The van der Waals surface area contributed by atoms with Crippen LogP contribution < -0.4 is 10.4 Å². The Balaban J connectivity index is -0.0000000643. The number of hydrogen-bond donors (Lipinski definition) is 0. The fourth-order valence-corrected chi connectivity index (χ4v) is 4.82. The predicted octanol–water partition coefficient (Wildman–Crippen LogP) is 13.3. The molecule has 3 rings (SSSR count). The van der Waals surface area contributed by atoms with Gasteiger partial charge in [-0.15, -0.1) is 0 Å². The van der Waals surface area contributed by atoms with Crippen LogP contribution in [0.25, 0.3) is 11.0 Å². The molecule has 2 atom stereocenters. The summed E-state index contributed by atoms with van der Waals surface area (Å²) in [5.41, 5.74) is -0.144. The molecule has 1 aromatic heterocycles. The quantitative estimate of drug-likeness (QED) is 0.145. The number of esters is 1. The van der Waals surface area contributed by atoms with E-state index in [0.29, 0.717) is 24.4 Å². The third-order valence-electron chi connectivity index (χ3n) is 5.29. The van der Waals surface area contributed by atoms with Crippen molar-refractivity contribution < 1.29 is 18.7 Å². The van der Waals surface area contributed by atoms with Gasteiger partial charge in [-0.3, -0.25) is 4.79 Å². The second-order valence-corrected chi connectivity index (χ2v) is 8.94. The summed E-state index contributed by atoms with van der Waals surface area (Å²) in [6.45, 7) is 6.83. The molecule has 260 valence electrons. The van der Waals surface area contributed by atoms with Gasteiger partial charge in [0.15, 0.2) is 0 Å². The summed E-state index contributed by atoms with van der Waals surface area (Å²) in [6, 6.07) is 8.02. The summed E-state index contributed by atoms with van der Waals surface area (Å²) in [5.74, 6) is 0.198. The van der Waals surface area contributed by atoms with Crippen molar-refractivity contribution in [3.8, 4) is 12.0 Å². The highest BCUT2D eigenvalue weighted by atomic mass is 16.5. The van der Waals surface area contributed by atoms with Crippen molar-refractivity contribution in [2.45, 2.75) is 150 Å². The molecule has 0 bridgehead atoms. The van der Waals surface area contributed by atoms with Gasteiger partial charge in [-0.25, -0.2) is 4.79 Å². The van der Waals surface area contributed by atoms with Crippen LogP contribution in [0, 0.1) is 28.3 Å². The van der Waals surface area contributed by atoms with Crippen LogP contribution in [-0.4, -0.2) is 12.6 Å². The molecule has 0 saturated heterocycles. The second kappa shape index (κ2) is 31.1. The zero-order chi connectivity index (χ0) is 20.4. The average Bonchev–Trinajstić information content (AvgIpc) is 2.57. The smallest absolute Gasteiger partial charge is 0.336 e. The number of rotatable bonds is 5. The molecule has 1 heterocycles. The molecule has 1 fully saturated rings. The average molecular weight is 608 g/mol. The van der Waals surface area contributed by atoms with E-state index >= 15 is 0 Å². The summed E-state index contributed by atoms with van der Waals surface area (Å²) in [7, 11) is 0. The predicted molar refractivity (Wildman–Crippen MR) is 198 cm³/mol. The minimum atomic E-state index is -0.445. The Kier molecular flexibility index (Phi) is 57.3. The van der Waals surface area contributed by atoms with Gasteiger partial charge in [-0.1, -0.05) is 125 Å². The van der Waals surface area contributed by atoms with Crippen LogP contribution in [0.3, 0.4) is 0 Å². The maximum absolute atomic E-state index is 12.5. The van der Waals surface area contributed by atoms with Crippen molar-refractivity contribution in [2.24, 2.45) is 16.7 Å². The molecule has 42 heavy (non-hydrogen) atoms. The Morgan fingerprint density at radius 2 is 1.36 bits per heavy atom. The van der Waals surface area contributed by atoms with E-state index in [1.54, 1.807) is 30.5 Å². The SMILES string of the molecule is C.C.C.C.C.C.C.C.C.C.C.C.C.C.CC1(C)CC(CC(=O)Oc2ccc3ccc(=O)oc3c2)CC(C)(COC#N)C1. The maximum Gasteiger partial charge on any atom is 0.336 e. The van der Waals surface area contributed by atoms with E-state index < -0.39 is 5.63 Å². The van der Waals surface area contributed by atoms with Crippen molar-refractivity contribution in [1.29, 1.82) is 5.26 Å². The molecule has 2 unspecified atom stereocenters. The van der Waals surface area contributed by atoms with E-state index in [0.717, 1.165) is 24.6 Å². The van der Waals surface area contributed by atoms with Crippen LogP contribution in [-0.2, 0) is 9.53 Å². The maximum atomic E-state index is 12.5. The lowest BCUT2D eigenvalue weighted by Crippen LogP contribution is -2.39. The lowest BCUT2D eigenvalue weighted by atomic mass is 9.60. The van der Waals surface area contributed by atoms with Gasteiger partial charge >= 0.3 is 11.6 Å². The van der Waals surface area contributed by atoms with Crippen LogP contribution in [0.5, 0.6) is 5.75 Å². The third kappa shape index (κ3) is 21.0. The number of carbonyl (C=O) groups is 1. The number of benzene rings is 1. The Morgan fingerprint density at radius 3 is 1.86 bits per heavy atom. The number of nitriles is 1. The van der Waals surface area contributed by atoms with Crippen LogP contribution in [0.15, 0.2) is 39.5 Å². The van der Waals surface area contributed by atoms with Gasteiger partial charge < -0.3 is 13.9 Å². The van der Waals surface area contributed by atoms with Crippen molar-refractivity contribution in [3.63, 3.8) is 0 Å². The summed E-state index contributed by atoms with van der Waals surface area (Å²) >= 11 is 0. The van der Waals surface area contributed by atoms with E-state index in [4.69, 9.17) is 19.2 Å². The van der Waals surface area contributed by atoms with Gasteiger partial charge in [0.05, 0.1) is 0 Å². The number of fused-ring (bicyclic) bond motifs is 1. The molecule has 2 aromatic rings. The van der Waals surface area contributed by atoms with Gasteiger partial charge in [0, 0.05) is 29.4 Å². The minimum Gasteiger partial charge on any atom is -0.427 e. The molecule has 1 aliphatic rings. The Hall–Kier alpha value is -2.81. The van der Waals surface area contributed by atoms with Crippen molar-refractivity contribution in [2.75, 3.05) is 6.61 Å². The first-order valence-corrected chi connectivity index (χ1v) is 9.44. The minimum absolute atomic E-state index is 0. The Morgan fingerprint density at radius 1 is 0.857 bits per heavy atom. The summed E-state index contributed by atoms with van der Waals surface area (Å²) < 4.78 is 15.7. The molecule has 0 spiro atoms. The van der Waals surface area contributed by atoms with Gasteiger partial charge in [0.1, 0.15) is 17.9 Å². The fourth-order valence-electron chi connectivity index (χ4n) is 4.82. The number of hydrogen-bond acceptors (Lipinski definition) is 6. The second-order valence-electron chi connectivity index (χ2n) is 8.94. The standard InChI is InChI=1S/C22H25NO5.14CH4/c1-21(2)10-15(11-22(3,12-21)13-26-14-23)8-20(25)27-17-6-4-16-5-7-19(24)28-18(16)9-17;;;;;;;;;;;;;;/h4-7,9,15H,8,10-13H2,1-3H3;14*1H4. The normalized spacial score (nSPS) is 15.8. The molecular weight excluding hydrogens is 526 g/mol. The summed E-state index contributed by atoms with van der Waals surface area (Å²) in [5, 5.41) is 9.50. The summed E-state index contributed by atoms with van der Waals surface area (Å²) in [6.07, 6.45) is 4.71. The van der Waals surface area contributed by atoms with Crippen molar-refractivity contribution in [3.05, 3.63) is 40.8 Å². The molecule has 6 heteroatoms. The zero-order valence-electron chi connectivity index (χ0n) is 16.5. The van der Waals surface area contributed by atoms with Crippen LogP contribution in [0.1, 0.15) is 150 Å². The Labute approximate surface area is 267 Å². The largest absolute Gasteiger partial charge is 0.427 e. The van der Waals surface area contributed by atoms with E-state index in [-0.39, 0.29) is 127 Å². The number of ether oxygens (including phenoxy) is 2. The lowest BCUT2D eigenvalue weighted by molar-refractivity contribution is -0.136. The number of carbonyl (C=O) groups excluding carboxylic acids is 1. The fraction of sp³-hybridized carbons (Fsp3) is 0.694. The van der Waals surface area contributed by atoms with Crippen molar-refractivity contribution in [1.82, 2.24) is 0 Å². The van der Waals surface area contributed by atoms with E-state index in [1.807, 2.05) is 0 Å². The molecule has 0 radical (unpaired) electrons. The highest BCUT2D eigenvalue weighted by molar-refractivity contribution is 5.79. The van der Waals surface area contributed by atoms with Crippen molar-refractivity contribution >= 4 is 16.9 Å². The molecule has 0 aliphatic heterocycles. The van der Waals surface area contributed by atoms with Gasteiger partial charge in [0.25, 0.3) is 6.26 Å². The van der Waals surface area contributed by atoms with Crippen LogP contribution in [0.4, 0.5) is 0 Å². The number of nitrogens with zero attached hydrogens (tertiary/aromatic N) is 1. The first-order chi connectivity index (χ1) is 13.2. The first-order valence-electron chi connectivity index (χ1n) is 9.44. The molecule has 0 amide bonds. The highest BCUT2D eigenvalue weighted by Gasteiger charge is 2.42. The van der Waals surface area contributed by atoms with Gasteiger partial charge in [-0.05, 0) is 48.8 Å². The Bertz CT molecular complexity index is 975. The van der Waals surface area contributed by atoms with Gasteiger partial charge in [-0.2, -0.15) is 5.26 Å². The molecular formula is C36H81NO5. The molecule has 0 N–H and O–H groups in total. The molecule has 6 nitrogen and oxygen atoms in total. The molecule has 1 saturated carbocycles. The summed E-state index contributed by atoms with van der Waals surface area (Å²) in [4.78, 5) is 23.9. The molecule has 1 aromatic carbocycles. The topological polar surface area (TPSA) is 89.5 Å². The zero-order valence-corrected chi connectivity index (χ0v) is 16.5. The van der Waals surface area contributed by atoms with Gasteiger partial charge in [0.2, 0.25) is 0 Å². The highest BCUT2D eigenvalue weighted by Crippen LogP contribution is 2.49. The third-order valence-corrected chi connectivity index (χ3v) is 5.29. The lowest BCUT2D eigenvalue weighted by Gasteiger charge is -2.45. The van der Waals surface area contributed by atoms with E-state index in [1.165, 1.54) is 6.07 Å². The van der Waals surface area contributed by atoms with Crippen LogP contribution in [0.2, 0.25) is 0 Å². The first kappa shape index (κ1) is 77.3. The molecule has 1 aliphatic carbocycles. The van der Waals surface area contributed by atoms with Crippen LogP contribution >= 0.6 is 0 Å².